The first-order chi connectivity index (χ1) is 13.4. The number of fused-ring (bicyclic) bond motifs is 2. The molecule has 2 N–H and O–H groups in total. The Morgan fingerprint density at radius 1 is 1.17 bits per heavy atom. The molecule has 4 fully saturated rings. The van der Waals surface area contributed by atoms with Gasteiger partial charge < -0.3 is 24.4 Å². The van der Waals surface area contributed by atoms with Crippen molar-refractivity contribution in [3.05, 3.63) is 0 Å². The van der Waals surface area contributed by atoms with Crippen molar-refractivity contribution in [3.63, 3.8) is 0 Å². The van der Waals surface area contributed by atoms with Crippen LogP contribution in [-0.4, -0.2) is 58.3 Å². The second-order valence-corrected chi connectivity index (χ2v) is 10.6. The molecular weight excluding hydrogens is 376 g/mol. The molecule has 0 radical (unpaired) electrons. The summed E-state index contributed by atoms with van der Waals surface area (Å²) in [5.74, 6) is -1.40. The van der Waals surface area contributed by atoms with Crippen molar-refractivity contribution in [2.45, 2.75) is 96.4 Å². The van der Waals surface area contributed by atoms with Crippen molar-refractivity contribution >= 4 is 11.8 Å². The van der Waals surface area contributed by atoms with Gasteiger partial charge in [-0.05, 0) is 25.7 Å². The van der Waals surface area contributed by atoms with Gasteiger partial charge in [-0.2, -0.15) is 0 Å². The normalized spacial score (nSPS) is 51.4. The van der Waals surface area contributed by atoms with E-state index in [1.807, 2.05) is 20.8 Å². The number of ketones is 1. The Hall–Kier alpha value is -1.02. The van der Waals surface area contributed by atoms with Crippen LogP contribution in [0.1, 0.15) is 66.7 Å². The summed E-state index contributed by atoms with van der Waals surface area (Å²) in [5, 5.41) is 20.9. The minimum absolute atomic E-state index is 0.181. The molecule has 164 valence electrons. The molecule has 0 amide bonds. The molecule has 4 aliphatic rings. The molecule has 2 aliphatic carbocycles. The second kappa shape index (κ2) is 6.49. The van der Waals surface area contributed by atoms with E-state index >= 15 is 0 Å². The van der Waals surface area contributed by atoms with Crippen LogP contribution in [0, 0.1) is 22.7 Å². The molecule has 4 rings (SSSR count). The molecule has 2 heterocycles. The van der Waals surface area contributed by atoms with Crippen LogP contribution in [0.25, 0.3) is 0 Å². The fraction of sp³-hybridized carbons (Fsp3) is 0.909. The third-order valence-electron chi connectivity index (χ3n) is 8.63. The van der Waals surface area contributed by atoms with Gasteiger partial charge >= 0.3 is 5.97 Å². The monoisotopic (exact) mass is 410 g/mol. The lowest BCUT2D eigenvalue weighted by atomic mass is 9.43. The van der Waals surface area contributed by atoms with Crippen molar-refractivity contribution < 1.29 is 34.0 Å². The smallest absolute Gasteiger partial charge is 0.302 e. The summed E-state index contributed by atoms with van der Waals surface area (Å²) < 4.78 is 17.8. The van der Waals surface area contributed by atoms with E-state index in [4.69, 9.17) is 14.2 Å². The largest absolute Gasteiger partial charge is 0.462 e. The van der Waals surface area contributed by atoms with Crippen LogP contribution in [0.3, 0.4) is 0 Å². The molecule has 2 spiro atoms. The fourth-order valence-electron chi connectivity index (χ4n) is 7.25. The summed E-state index contributed by atoms with van der Waals surface area (Å²) in [5.41, 5.74) is -2.41. The van der Waals surface area contributed by atoms with E-state index < -0.39 is 40.3 Å². The van der Waals surface area contributed by atoms with Gasteiger partial charge in [0.05, 0.1) is 17.8 Å². The number of hydrogen-bond acceptors (Lipinski definition) is 7. The first kappa shape index (κ1) is 21.2. The number of ether oxygens (including phenoxy) is 3. The molecule has 0 aromatic heterocycles. The molecule has 7 nitrogen and oxygen atoms in total. The molecule has 0 unspecified atom stereocenters. The van der Waals surface area contributed by atoms with Gasteiger partial charge in [-0.3, -0.25) is 9.59 Å². The summed E-state index contributed by atoms with van der Waals surface area (Å²) in [6.45, 7) is 9.65. The number of carbonyl (C=O) groups is 2. The molecular formula is C22H34O7. The summed E-state index contributed by atoms with van der Waals surface area (Å²) in [6.07, 6.45) is 0.800. The van der Waals surface area contributed by atoms with E-state index in [1.165, 1.54) is 6.92 Å². The van der Waals surface area contributed by atoms with Crippen LogP contribution < -0.4 is 0 Å². The molecule has 2 saturated carbocycles. The molecule has 0 aromatic rings. The van der Waals surface area contributed by atoms with E-state index in [1.54, 1.807) is 0 Å². The Morgan fingerprint density at radius 3 is 2.45 bits per heavy atom. The van der Waals surface area contributed by atoms with Crippen LogP contribution in [0.4, 0.5) is 0 Å². The average Bonchev–Trinajstić information content (AvgIpc) is 3.18. The van der Waals surface area contributed by atoms with Crippen LogP contribution in [0.15, 0.2) is 0 Å². The molecule has 2 aliphatic heterocycles. The maximum atomic E-state index is 13.4. The van der Waals surface area contributed by atoms with Gasteiger partial charge in [0.1, 0.15) is 12.2 Å². The van der Waals surface area contributed by atoms with Gasteiger partial charge in [-0.15, -0.1) is 0 Å². The van der Waals surface area contributed by atoms with Crippen LogP contribution in [0.5, 0.6) is 0 Å². The zero-order chi connectivity index (χ0) is 21.4. The fourth-order valence-corrected chi connectivity index (χ4v) is 7.25. The molecule has 8 atom stereocenters. The Morgan fingerprint density at radius 2 is 1.86 bits per heavy atom. The van der Waals surface area contributed by atoms with Gasteiger partial charge in [-0.25, -0.2) is 0 Å². The van der Waals surface area contributed by atoms with E-state index in [-0.39, 0.29) is 23.8 Å². The molecule has 0 bridgehead atoms. The highest BCUT2D eigenvalue weighted by Gasteiger charge is 2.73. The number of esters is 1. The lowest BCUT2D eigenvalue weighted by Crippen LogP contribution is -2.71. The average molecular weight is 411 g/mol. The number of rotatable bonds is 1. The number of Topliss-reactive ketones (excluding diaryl/α,β-unsaturated/α-hetero) is 1. The lowest BCUT2D eigenvalue weighted by Gasteiger charge is -2.64. The number of hydrogen-bond donors (Lipinski definition) is 2. The lowest BCUT2D eigenvalue weighted by molar-refractivity contribution is -0.266. The number of aliphatic hydroxyl groups is 2. The Kier molecular flexibility index (Phi) is 4.75. The van der Waals surface area contributed by atoms with Crippen LogP contribution >= 0.6 is 0 Å². The van der Waals surface area contributed by atoms with Gasteiger partial charge in [0.25, 0.3) is 0 Å². The molecule has 29 heavy (non-hydrogen) atoms. The third-order valence-corrected chi connectivity index (χ3v) is 8.63. The predicted molar refractivity (Wildman–Crippen MR) is 103 cm³/mol. The zero-order valence-corrected chi connectivity index (χ0v) is 18.1. The highest BCUT2D eigenvalue weighted by atomic mass is 16.6. The van der Waals surface area contributed by atoms with Crippen molar-refractivity contribution in [2.24, 2.45) is 22.7 Å². The number of carbonyl (C=O) groups excluding carboxylic acids is 2. The maximum absolute atomic E-state index is 13.4. The second-order valence-electron chi connectivity index (χ2n) is 10.6. The van der Waals surface area contributed by atoms with Gasteiger partial charge in [0.2, 0.25) is 0 Å². The first-order valence-corrected chi connectivity index (χ1v) is 10.8. The van der Waals surface area contributed by atoms with Crippen molar-refractivity contribution in [1.82, 2.24) is 0 Å². The quantitative estimate of drug-likeness (QED) is 0.637. The van der Waals surface area contributed by atoms with Gasteiger partial charge in [0, 0.05) is 36.0 Å². The van der Waals surface area contributed by atoms with Crippen molar-refractivity contribution in [2.75, 3.05) is 6.61 Å². The Balaban J connectivity index is 1.77. The minimum atomic E-state index is -1.13. The number of aliphatic hydroxyl groups excluding tert-OH is 2. The maximum Gasteiger partial charge on any atom is 0.302 e. The Bertz CT molecular complexity index is 720. The van der Waals surface area contributed by atoms with E-state index in [0.29, 0.717) is 32.3 Å². The van der Waals surface area contributed by atoms with E-state index in [2.05, 4.69) is 6.92 Å². The van der Waals surface area contributed by atoms with Gasteiger partial charge in [-0.1, -0.05) is 27.7 Å². The summed E-state index contributed by atoms with van der Waals surface area (Å²) in [6, 6.07) is 0. The summed E-state index contributed by atoms with van der Waals surface area (Å²) in [4.78, 5) is 25.1. The van der Waals surface area contributed by atoms with E-state index in [9.17, 15) is 19.8 Å². The minimum Gasteiger partial charge on any atom is -0.462 e. The van der Waals surface area contributed by atoms with Crippen LogP contribution in [-0.2, 0) is 23.8 Å². The van der Waals surface area contributed by atoms with Crippen LogP contribution in [0.2, 0.25) is 0 Å². The molecule has 2 saturated heterocycles. The first-order valence-electron chi connectivity index (χ1n) is 10.8. The molecule has 0 aromatic carbocycles. The zero-order valence-electron chi connectivity index (χ0n) is 18.1. The summed E-state index contributed by atoms with van der Waals surface area (Å²) in [7, 11) is 0. The van der Waals surface area contributed by atoms with Gasteiger partial charge in [0.15, 0.2) is 12.1 Å². The topological polar surface area (TPSA) is 102 Å². The molecule has 7 heteroatoms. The standard InChI is InChI=1S/C22H34O7/c1-12-16(25)17(26)18-19(3,4)14(28-13(2)23)6-7-20(18,5)22(12)9-8-21(29-22)10-15(24)27-11-21/h12,14-16,18,24-25H,6-11H2,1-5H3/t12-,14-,15-,16-,18+,20+,21+,22-/m1/s1. The van der Waals surface area contributed by atoms with E-state index in [0.717, 1.165) is 6.42 Å². The predicted octanol–water partition coefficient (Wildman–Crippen LogP) is 1.97. The third kappa shape index (κ3) is 2.77. The highest BCUT2D eigenvalue weighted by Crippen LogP contribution is 2.67. The summed E-state index contributed by atoms with van der Waals surface area (Å²) >= 11 is 0. The highest BCUT2D eigenvalue weighted by molar-refractivity contribution is 5.89. The van der Waals surface area contributed by atoms with Crippen molar-refractivity contribution in [1.29, 1.82) is 0 Å². The Labute approximate surface area is 172 Å². The van der Waals surface area contributed by atoms with Crippen molar-refractivity contribution in [3.8, 4) is 0 Å². The SMILES string of the molecule is CC(=O)O[C@@H]1CC[C@@]2(C)[C@@H](C(=O)[C@H](O)[C@@H](C)[C@]23CC[C@]2(CO[C@@H](O)C2)O3)C1(C)C.